The molecule has 1 unspecified atom stereocenters. The van der Waals surface area contributed by atoms with Crippen molar-refractivity contribution in [2.24, 2.45) is 0 Å². The van der Waals surface area contributed by atoms with Crippen molar-refractivity contribution < 1.29 is 14.3 Å². The standard InChI is InChI=1S/C24H27N5O3/c1-15-10-11-21(16(2)13-15)29-27-17(3)22(28-29)24(31)26-20-9-5-4-8-19(20)23(30)25-14-18-7-6-12-32-18/h4-5,8-11,13,18H,6-7,12,14H2,1-3H3,(H,25,30)(H,26,31). The number of ether oxygens (including phenoxy) is 1. The van der Waals surface area contributed by atoms with Gasteiger partial charge in [0, 0.05) is 13.2 Å². The second-order valence-corrected chi connectivity index (χ2v) is 8.06. The van der Waals surface area contributed by atoms with Crippen molar-refractivity contribution in [1.29, 1.82) is 0 Å². The lowest BCUT2D eigenvalue weighted by Crippen LogP contribution is -2.32. The highest BCUT2D eigenvalue weighted by atomic mass is 16.5. The summed E-state index contributed by atoms with van der Waals surface area (Å²) in [6.07, 6.45) is 1.99. The third-order valence-electron chi connectivity index (χ3n) is 5.50. The molecule has 0 saturated carbocycles. The Morgan fingerprint density at radius 3 is 2.66 bits per heavy atom. The first-order valence-electron chi connectivity index (χ1n) is 10.7. The first-order chi connectivity index (χ1) is 15.4. The van der Waals surface area contributed by atoms with E-state index in [1.54, 1.807) is 31.2 Å². The summed E-state index contributed by atoms with van der Waals surface area (Å²) in [6.45, 7) is 6.92. The maximum absolute atomic E-state index is 13.0. The van der Waals surface area contributed by atoms with Gasteiger partial charge in [-0.05, 0) is 57.4 Å². The lowest BCUT2D eigenvalue weighted by atomic mass is 10.1. The average Bonchev–Trinajstić information content (AvgIpc) is 3.42. The van der Waals surface area contributed by atoms with Gasteiger partial charge < -0.3 is 15.4 Å². The molecule has 2 aromatic carbocycles. The van der Waals surface area contributed by atoms with Gasteiger partial charge in [0.05, 0.1) is 28.7 Å². The zero-order valence-corrected chi connectivity index (χ0v) is 18.5. The number of carbonyl (C=O) groups is 2. The molecule has 166 valence electrons. The average molecular weight is 434 g/mol. The number of hydrogen-bond donors (Lipinski definition) is 2. The fourth-order valence-corrected chi connectivity index (χ4v) is 3.80. The van der Waals surface area contributed by atoms with Crippen LogP contribution in [0.2, 0.25) is 0 Å². The van der Waals surface area contributed by atoms with Crippen LogP contribution in [0.15, 0.2) is 42.5 Å². The Labute approximate surface area is 187 Å². The van der Waals surface area contributed by atoms with Crippen molar-refractivity contribution in [2.75, 3.05) is 18.5 Å². The van der Waals surface area contributed by atoms with Crippen molar-refractivity contribution in [3.63, 3.8) is 0 Å². The van der Waals surface area contributed by atoms with Crippen LogP contribution in [0.1, 0.15) is 50.5 Å². The number of aromatic nitrogens is 3. The number of hydrogen-bond acceptors (Lipinski definition) is 5. The molecule has 8 heteroatoms. The molecule has 1 saturated heterocycles. The van der Waals surface area contributed by atoms with Crippen molar-refractivity contribution in [1.82, 2.24) is 20.3 Å². The van der Waals surface area contributed by atoms with E-state index in [2.05, 4.69) is 20.8 Å². The van der Waals surface area contributed by atoms with E-state index in [4.69, 9.17) is 4.74 Å². The summed E-state index contributed by atoms with van der Waals surface area (Å²) < 4.78 is 5.56. The van der Waals surface area contributed by atoms with E-state index in [1.807, 2.05) is 32.0 Å². The Morgan fingerprint density at radius 1 is 1.09 bits per heavy atom. The van der Waals surface area contributed by atoms with Gasteiger partial charge in [-0.15, -0.1) is 5.10 Å². The van der Waals surface area contributed by atoms with Crippen LogP contribution in [-0.2, 0) is 4.74 Å². The summed E-state index contributed by atoms with van der Waals surface area (Å²) in [4.78, 5) is 27.2. The van der Waals surface area contributed by atoms with Crippen LogP contribution in [0.4, 0.5) is 5.69 Å². The number of rotatable bonds is 6. The summed E-state index contributed by atoms with van der Waals surface area (Å²) in [7, 11) is 0. The van der Waals surface area contributed by atoms with Gasteiger partial charge in [-0.1, -0.05) is 29.8 Å². The van der Waals surface area contributed by atoms with Crippen molar-refractivity contribution in [2.45, 2.75) is 39.7 Å². The van der Waals surface area contributed by atoms with Crippen LogP contribution >= 0.6 is 0 Å². The minimum atomic E-state index is -0.419. The fourth-order valence-electron chi connectivity index (χ4n) is 3.80. The number of carbonyl (C=O) groups excluding carboxylic acids is 2. The maximum atomic E-state index is 13.0. The van der Waals surface area contributed by atoms with Gasteiger partial charge in [0.15, 0.2) is 5.69 Å². The predicted octanol–water partition coefficient (Wildman–Crippen LogP) is 3.35. The quantitative estimate of drug-likeness (QED) is 0.621. The molecule has 0 radical (unpaired) electrons. The van der Waals surface area contributed by atoms with E-state index in [-0.39, 0.29) is 17.7 Å². The highest BCUT2D eigenvalue weighted by molar-refractivity contribution is 6.08. The first kappa shape index (κ1) is 21.7. The highest BCUT2D eigenvalue weighted by Gasteiger charge is 2.21. The molecule has 2 N–H and O–H groups in total. The smallest absolute Gasteiger partial charge is 0.278 e. The summed E-state index contributed by atoms with van der Waals surface area (Å²) >= 11 is 0. The molecule has 1 aliphatic rings. The molecule has 2 heterocycles. The Balaban J connectivity index is 1.51. The Bertz CT molecular complexity index is 1150. The molecule has 1 aromatic heterocycles. The van der Waals surface area contributed by atoms with E-state index in [9.17, 15) is 9.59 Å². The number of nitrogens with one attached hydrogen (secondary N) is 2. The van der Waals surface area contributed by atoms with Crippen molar-refractivity contribution in [3.8, 4) is 5.69 Å². The molecule has 1 atom stereocenters. The van der Waals surface area contributed by atoms with Gasteiger partial charge in [-0.2, -0.15) is 9.90 Å². The molecule has 0 aliphatic carbocycles. The van der Waals surface area contributed by atoms with Crippen LogP contribution in [0, 0.1) is 20.8 Å². The molecule has 2 amide bonds. The molecule has 3 aromatic rings. The SMILES string of the molecule is Cc1ccc(-n2nc(C)c(C(=O)Nc3ccccc3C(=O)NCC3CCCO3)n2)c(C)c1. The summed E-state index contributed by atoms with van der Waals surface area (Å²) in [5, 5.41) is 14.5. The van der Waals surface area contributed by atoms with Crippen LogP contribution in [-0.4, -0.2) is 46.1 Å². The van der Waals surface area contributed by atoms with Gasteiger partial charge in [0.2, 0.25) is 0 Å². The molecular weight excluding hydrogens is 406 g/mol. The summed E-state index contributed by atoms with van der Waals surface area (Å²) in [5.74, 6) is -0.676. The zero-order valence-electron chi connectivity index (χ0n) is 18.5. The molecule has 8 nitrogen and oxygen atoms in total. The number of aryl methyl sites for hydroxylation is 3. The van der Waals surface area contributed by atoms with Crippen LogP contribution in [0.3, 0.4) is 0 Å². The van der Waals surface area contributed by atoms with Gasteiger partial charge in [0.1, 0.15) is 0 Å². The molecule has 1 aliphatic heterocycles. The molecule has 0 bridgehead atoms. The Kier molecular flexibility index (Phi) is 6.32. The topological polar surface area (TPSA) is 98.1 Å². The number of nitrogens with zero attached hydrogens (tertiary/aromatic N) is 3. The minimum absolute atomic E-state index is 0.0450. The number of benzene rings is 2. The van der Waals surface area contributed by atoms with E-state index in [0.717, 1.165) is 36.3 Å². The van der Waals surface area contributed by atoms with E-state index >= 15 is 0 Å². The maximum Gasteiger partial charge on any atom is 0.278 e. The van der Waals surface area contributed by atoms with Gasteiger partial charge in [0.25, 0.3) is 11.8 Å². The molecular formula is C24H27N5O3. The lowest BCUT2D eigenvalue weighted by molar-refractivity contribution is 0.0858. The molecule has 4 rings (SSSR count). The largest absolute Gasteiger partial charge is 0.376 e. The van der Waals surface area contributed by atoms with E-state index in [1.165, 1.54) is 4.80 Å². The highest BCUT2D eigenvalue weighted by Crippen LogP contribution is 2.19. The Morgan fingerprint density at radius 2 is 1.91 bits per heavy atom. The van der Waals surface area contributed by atoms with Crippen molar-refractivity contribution >= 4 is 17.5 Å². The van der Waals surface area contributed by atoms with Crippen molar-refractivity contribution in [3.05, 3.63) is 70.5 Å². The van der Waals surface area contributed by atoms with E-state index in [0.29, 0.717) is 23.5 Å². The number of amides is 2. The number of para-hydroxylation sites is 1. The minimum Gasteiger partial charge on any atom is -0.376 e. The fraction of sp³-hybridized carbons (Fsp3) is 0.333. The van der Waals surface area contributed by atoms with Crippen LogP contribution in [0.25, 0.3) is 5.69 Å². The van der Waals surface area contributed by atoms with Gasteiger partial charge in [-0.3, -0.25) is 9.59 Å². The third-order valence-corrected chi connectivity index (χ3v) is 5.50. The Hall–Kier alpha value is -3.52. The monoisotopic (exact) mass is 433 g/mol. The van der Waals surface area contributed by atoms with E-state index < -0.39 is 5.91 Å². The second-order valence-electron chi connectivity index (χ2n) is 8.06. The predicted molar refractivity (Wildman–Crippen MR) is 121 cm³/mol. The summed E-state index contributed by atoms with van der Waals surface area (Å²) in [6, 6.07) is 12.9. The lowest BCUT2D eigenvalue weighted by Gasteiger charge is -2.13. The number of anilines is 1. The summed E-state index contributed by atoms with van der Waals surface area (Å²) in [5.41, 5.74) is 4.48. The normalized spacial score (nSPS) is 15.5. The first-order valence-corrected chi connectivity index (χ1v) is 10.7. The zero-order chi connectivity index (χ0) is 22.7. The second kappa shape index (κ2) is 9.32. The van der Waals surface area contributed by atoms with Crippen LogP contribution in [0.5, 0.6) is 0 Å². The third kappa shape index (κ3) is 4.70. The van der Waals surface area contributed by atoms with Crippen LogP contribution < -0.4 is 10.6 Å². The molecule has 1 fully saturated rings. The molecule has 0 spiro atoms. The van der Waals surface area contributed by atoms with Gasteiger partial charge >= 0.3 is 0 Å². The van der Waals surface area contributed by atoms with Gasteiger partial charge in [-0.25, -0.2) is 0 Å². The molecule has 32 heavy (non-hydrogen) atoms.